The van der Waals surface area contributed by atoms with Crippen LogP contribution in [0.3, 0.4) is 0 Å². The Kier molecular flexibility index (Phi) is 4.14. The molecule has 0 radical (unpaired) electrons. The second kappa shape index (κ2) is 6.05. The molecule has 0 amide bonds. The highest BCUT2D eigenvalue weighted by Crippen LogP contribution is 2.34. The molecule has 1 fully saturated rings. The van der Waals surface area contributed by atoms with Crippen LogP contribution < -0.4 is 0 Å². The second-order valence-electron chi connectivity index (χ2n) is 5.42. The Bertz CT molecular complexity index is 667. The van der Waals surface area contributed by atoms with Crippen LogP contribution in [0.25, 0.3) is 11.0 Å². The smallest absolute Gasteiger partial charge is 0.313 e. The van der Waals surface area contributed by atoms with Crippen molar-refractivity contribution in [3.05, 3.63) is 24.0 Å². The molecule has 1 saturated carbocycles. The number of hydrogen-bond donors (Lipinski definition) is 1. The molecule has 0 bridgehead atoms. The lowest BCUT2D eigenvalue weighted by Gasteiger charge is -2.08. The zero-order valence-corrected chi connectivity index (χ0v) is 12.4. The maximum Gasteiger partial charge on any atom is 0.313 e. The highest BCUT2D eigenvalue weighted by molar-refractivity contribution is 7.99. The number of thioether (sulfide) groups is 1. The first kappa shape index (κ1) is 14.4. The summed E-state index contributed by atoms with van der Waals surface area (Å²) in [5, 5.41) is 9.41. The van der Waals surface area contributed by atoms with Gasteiger partial charge in [0.15, 0.2) is 11.0 Å². The molecule has 1 aliphatic carbocycles. The van der Waals surface area contributed by atoms with Crippen LogP contribution in [-0.2, 0) is 11.3 Å². The summed E-state index contributed by atoms with van der Waals surface area (Å²) in [5.74, 6) is -0.456. The van der Waals surface area contributed by atoms with Gasteiger partial charge in [-0.1, -0.05) is 30.7 Å². The number of carboxylic acid groups (broad SMARTS) is 1. The van der Waals surface area contributed by atoms with Gasteiger partial charge in [0.05, 0.1) is 11.3 Å². The molecule has 1 aliphatic rings. The number of para-hydroxylation sites is 1. The molecule has 2 aromatic rings. The Hall–Kier alpha value is -1.56. The number of aromatic nitrogens is 2. The van der Waals surface area contributed by atoms with Crippen molar-refractivity contribution < 1.29 is 14.3 Å². The van der Waals surface area contributed by atoms with Gasteiger partial charge >= 0.3 is 5.97 Å². The minimum atomic E-state index is -0.892. The van der Waals surface area contributed by atoms with Gasteiger partial charge in [-0.3, -0.25) is 4.79 Å². The number of halogens is 1. The first-order chi connectivity index (χ1) is 10.1. The van der Waals surface area contributed by atoms with Crippen molar-refractivity contribution in [2.24, 2.45) is 5.92 Å². The van der Waals surface area contributed by atoms with E-state index in [-0.39, 0.29) is 11.6 Å². The second-order valence-corrected chi connectivity index (χ2v) is 6.36. The van der Waals surface area contributed by atoms with Gasteiger partial charge < -0.3 is 9.67 Å². The van der Waals surface area contributed by atoms with Gasteiger partial charge in [-0.05, 0) is 30.9 Å². The number of aliphatic carboxylic acids is 1. The largest absolute Gasteiger partial charge is 0.481 e. The minimum Gasteiger partial charge on any atom is -0.481 e. The topological polar surface area (TPSA) is 55.1 Å². The predicted octanol–water partition coefficient (Wildman–Crippen LogP) is 3.54. The van der Waals surface area contributed by atoms with Crippen molar-refractivity contribution in [3.8, 4) is 0 Å². The third-order valence-electron chi connectivity index (χ3n) is 3.71. The van der Waals surface area contributed by atoms with Gasteiger partial charge in [0.1, 0.15) is 5.52 Å². The van der Waals surface area contributed by atoms with Crippen LogP contribution in [-0.4, -0.2) is 26.4 Å². The van der Waals surface area contributed by atoms with Crippen molar-refractivity contribution >= 4 is 28.8 Å². The Morgan fingerprint density at radius 2 is 2.29 bits per heavy atom. The molecule has 4 nitrogen and oxygen atoms in total. The normalized spacial score (nSPS) is 14.7. The number of nitrogens with zero attached hydrogens (tertiary/aromatic N) is 2. The lowest BCUT2D eigenvalue weighted by atomic mass is 10.2. The number of rotatable bonds is 7. The highest BCUT2D eigenvalue weighted by atomic mass is 32.2. The van der Waals surface area contributed by atoms with E-state index < -0.39 is 5.97 Å². The average molecular weight is 308 g/mol. The average Bonchev–Trinajstić information content (AvgIpc) is 3.19. The molecule has 1 aromatic heterocycles. The number of fused-ring (bicyclic) bond motifs is 1. The quantitative estimate of drug-likeness (QED) is 0.795. The molecule has 0 aliphatic heterocycles. The Balaban J connectivity index is 1.85. The molecule has 0 unspecified atom stereocenters. The van der Waals surface area contributed by atoms with E-state index in [2.05, 4.69) is 4.98 Å². The number of imidazole rings is 1. The SMILES string of the molecule is O=C(O)CSc1nc2c(F)cccc2n1CCCC1CC1. The molecule has 0 spiro atoms. The van der Waals surface area contributed by atoms with E-state index in [9.17, 15) is 9.18 Å². The summed E-state index contributed by atoms with van der Waals surface area (Å²) in [5.41, 5.74) is 1.08. The zero-order valence-electron chi connectivity index (χ0n) is 11.6. The minimum absolute atomic E-state index is 0.0619. The summed E-state index contributed by atoms with van der Waals surface area (Å²) >= 11 is 1.15. The van der Waals surface area contributed by atoms with E-state index in [1.54, 1.807) is 6.07 Å². The first-order valence-electron chi connectivity index (χ1n) is 7.14. The third kappa shape index (κ3) is 3.37. The van der Waals surface area contributed by atoms with E-state index in [4.69, 9.17) is 5.11 Å². The summed E-state index contributed by atoms with van der Waals surface area (Å²) < 4.78 is 15.8. The Morgan fingerprint density at radius 1 is 1.48 bits per heavy atom. The molecule has 1 heterocycles. The van der Waals surface area contributed by atoms with Crippen molar-refractivity contribution in [2.75, 3.05) is 5.75 Å². The first-order valence-corrected chi connectivity index (χ1v) is 8.13. The molecule has 1 N–H and O–H groups in total. The fourth-order valence-corrected chi connectivity index (χ4v) is 3.24. The molecule has 0 saturated heterocycles. The highest BCUT2D eigenvalue weighted by Gasteiger charge is 2.21. The van der Waals surface area contributed by atoms with Crippen LogP contribution in [0.5, 0.6) is 0 Å². The fourth-order valence-electron chi connectivity index (χ4n) is 2.49. The summed E-state index contributed by atoms with van der Waals surface area (Å²) in [6, 6.07) is 4.89. The van der Waals surface area contributed by atoms with E-state index in [1.165, 1.54) is 25.3 Å². The molecule has 6 heteroatoms. The molecule has 1 aromatic carbocycles. The van der Waals surface area contributed by atoms with Gasteiger partial charge in [-0.25, -0.2) is 9.37 Å². The standard InChI is InChI=1S/C15H17FN2O2S/c16-11-4-1-5-12-14(11)17-15(21-9-13(19)20)18(12)8-2-3-10-6-7-10/h1,4-5,10H,2-3,6-9H2,(H,19,20). The summed E-state index contributed by atoms with van der Waals surface area (Å²) in [4.78, 5) is 15.0. The third-order valence-corrected chi connectivity index (χ3v) is 4.67. The number of carbonyl (C=O) groups is 1. The number of aryl methyl sites for hydroxylation is 1. The van der Waals surface area contributed by atoms with Gasteiger partial charge in [0.2, 0.25) is 0 Å². The number of hydrogen-bond acceptors (Lipinski definition) is 3. The van der Waals surface area contributed by atoms with E-state index in [0.717, 1.165) is 36.2 Å². The Labute approximate surface area is 126 Å². The number of carboxylic acids is 1. The van der Waals surface area contributed by atoms with Crippen molar-refractivity contribution in [3.63, 3.8) is 0 Å². The van der Waals surface area contributed by atoms with Crippen LogP contribution in [0.2, 0.25) is 0 Å². The molecule has 21 heavy (non-hydrogen) atoms. The lowest BCUT2D eigenvalue weighted by molar-refractivity contribution is -0.133. The van der Waals surface area contributed by atoms with Crippen LogP contribution in [0, 0.1) is 11.7 Å². The monoisotopic (exact) mass is 308 g/mol. The van der Waals surface area contributed by atoms with Gasteiger partial charge in [-0.15, -0.1) is 0 Å². The summed E-state index contributed by atoms with van der Waals surface area (Å²) in [6.45, 7) is 0.762. The van der Waals surface area contributed by atoms with Crippen LogP contribution in [0.1, 0.15) is 25.7 Å². The zero-order chi connectivity index (χ0) is 14.8. The van der Waals surface area contributed by atoms with Gasteiger partial charge in [0.25, 0.3) is 0 Å². The fraction of sp³-hybridized carbons (Fsp3) is 0.467. The van der Waals surface area contributed by atoms with Crippen LogP contribution in [0.4, 0.5) is 4.39 Å². The predicted molar refractivity (Wildman–Crippen MR) is 80.0 cm³/mol. The van der Waals surface area contributed by atoms with Crippen molar-refractivity contribution in [2.45, 2.75) is 37.4 Å². The molecular weight excluding hydrogens is 291 g/mol. The maximum absolute atomic E-state index is 13.8. The summed E-state index contributed by atoms with van der Waals surface area (Å²) in [6.07, 6.45) is 4.84. The molecular formula is C15H17FN2O2S. The van der Waals surface area contributed by atoms with E-state index in [1.807, 2.05) is 10.6 Å². The number of benzene rings is 1. The van der Waals surface area contributed by atoms with E-state index >= 15 is 0 Å². The summed E-state index contributed by atoms with van der Waals surface area (Å²) in [7, 11) is 0. The van der Waals surface area contributed by atoms with E-state index in [0.29, 0.717) is 10.7 Å². The lowest BCUT2D eigenvalue weighted by Crippen LogP contribution is -2.04. The van der Waals surface area contributed by atoms with Crippen LogP contribution >= 0.6 is 11.8 Å². The molecule has 3 rings (SSSR count). The van der Waals surface area contributed by atoms with Crippen molar-refractivity contribution in [1.29, 1.82) is 0 Å². The molecule has 112 valence electrons. The van der Waals surface area contributed by atoms with Gasteiger partial charge in [0, 0.05) is 6.54 Å². The van der Waals surface area contributed by atoms with Crippen molar-refractivity contribution in [1.82, 2.24) is 9.55 Å². The van der Waals surface area contributed by atoms with Gasteiger partial charge in [-0.2, -0.15) is 0 Å². The van der Waals surface area contributed by atoms with Crippen LogP contribution in [0.15, 0.2) is 23.4 Å². The maximum atomic E-state index is 13.8. The molecule has 0 atom stereocenters. The Morgan fingerprint density at radius 3 is 3.00 bits per heavy atom.